The third-order valence-electron chi connectivity index (χ3n) is 3.15. The lowest BCUT2D eigenvalue weighted by Gasteiger charge is -2.33. The van der Waals surface area contributed by atoms with Crippen LogP contribution in [-0.4, -0.2) is 36.0 Å². The van der Waals surface area contributed by atoms with Gasteiger partial charge in [0.25, 0.3) is 0 Å². The summed E-state index contributed by atoms with van der Waals surface area (Å²) in [4.78, 5) is 5.38. The third kappa shape index (κ3) is 2.62. The van der Waals surface area contributed by atoms with E-state index >= 15 is 0 Å². The molecule has 1 aromatic heterocycles. The van der Waals surface area contributed by atoms with Crippen molar-refractivity contribution < 1.29 is 0 Å². The number of nitrogens with two attached hydrogens (primary N) is 1. The fourth-order valence-corrected chi connectivity index (χ4v) is 4.26. The highest BCUT2D eigenvalue weighted by Gasteiger charge is 2.23. The normalized spacial score (nSPS) is 19.9. The van der Waals surface area contributed by atoms with E-state index in [1.165, 1.54) is 39.9 Å². The van der Waals surface area contributed by atoms with Crippen LogP contribution in [-0.2, 0) is 0 Å². The summed E-state index contributed by atoms with van der Waals surface area (Å²) in [5.41, 5.74) is 7.43. The number of rotatable bonds is 3. The van der Waals surface area contributed by atoms with Crippen LogP contribution in [0.3, 0.4) is 0 Å². The molecule has 0 saturated carbocycles. The van der Waals surface area contributed by atoms with Gasteiger partial charge in [0.15, 0.2) is 0 Å². The van der Waals surface area contributed by atoms with Gasteiger partial charge in [-0.25, -0.2) is 0 Å². The highest BCUT2D eigenvalue weighted by atomic mass is 32.2. The average Bonchev–Trinajstić information content (AvgIpc) is 2.61. The number of thiophene rings is 1. The average molecular weight is 256 g/mol. The van der Waals surface area contributed by atoms with Crippen LogP contribution in [0.15, 0.2) is 6.07 Å². The first-order valence-electron chi connectivity index (χ1n) is 5.81. The predicted molar refractivity (Wildman–Crippen MR) is 74.5 cm³/mol. The van der Waals surface area contributed by atoms with E-state index in [0.717, 1.165) is 6.54 Å². The zero-order chi connectivity index (χ0) is 11.5. The maximum atomic E-state index is 5.97. The summed E-state index contributed by atoms with van der Waals surface area (Å²) in [6.45, 7) is 7.50. The summed E-state index contributed by atoms with van der Waals surface area (Å²) >= 11 is 3.94. The van der Waals surface area contributed by atoms with Crippen molar-refractivity contribution in [3.8, 4) is 0 Å². The van der Waals surface area contributed by atoms with E-state index in [0.29, 0.717) is 6.04 Å². The van der Waals surface area contributed by atoms with E-state index < -0.39 is 0 Å². The van der Waals surface area contributed by atoms with E-state index in [2.05, 4.69) is 36.6 Å². The molecule has 90 valence electrons. The molecule has 1 fully saturated rings. The minimum atomic E-state index is 0.436. The molecule has 0 bridgehead atoms. The van der Waals surface area contributed by atoms with Crippen LogP contribution in [0.2, 0.25) is 0 Å². The first-order valence-corrected chi connectivity index (χ1v) is 7.78. The Morgan fingerprint density at radius 2 is 2.06 bits per heavy atom. The van der Waals surface area contributed by atoms with Gasteiger partial charge >= 0.3 is 0 Å². The van der Waals surface area contributed by atoms with Crippen molar-refractivity contribution in [2.24, 2.45) is 5.73 Å². The molecule has 16 heavy (non-hydrogen) atoms. The molecule has 1 saturated heterocycles. The number of aryl methyl sites for hydroxylation is 2. The topological polar surface area (TPSA) is 29.3 Å². The molecule has 2 nitrogen and oxygen atoms in total. The Balaban J connectivity index is 2.17. The molecule has 0 radical (unpaired) electrons. The van der Waals surface area contributed by atoms with Crippen LogP contribution in [0.1, 0.15) is 21.4 Å². The number of thioether (sulfide) groups is 1. The van der Waals surface area contributed by atoms with Gasteiger partial charge in [-0.3, -0.25) is 4.90 Å². The molecule has 1 aromatic rings. The lowest BCUT2D eigenvalue weighted by molar-refractivity contribution is 0.223. The van der Waals surface area contributed by atoms with Crippen LogP contribution in [0.5, 0.6) is 0 Å². The molecular weight excluding hydrogens is 236 g/mol. The van der Waals surface area contributed by atoms with E-state index in [9.17, 15) is 0 Å². The Morgan fingerprint density at radius 3 is 2.56 bits per heavy atom. The van der Waals surface area contributed by atoms with E-state index in [-0.39, 0.29) is 0 Å². The Morgan fingerprint density at radius 1 is 1.38 bits per heavy atom. The zero-order valence-electron chi connectivity index (χ0n) is 10.0. The molecule has 1 aliphatic heterocycles. The summed E-state index contributed by atoms with van der Waals surface area (Å²) in [5, 5.41) is 0. The van der Waals surface area contributed by atoms with Crippen molar-refractivity contribution in [1.29, 1.82) is 0 Å². The van der Waals surface area contributed by atoms with Crippen LogP contribution in [0.4, 0.5) is 0 Å². The molecule has 2 rings (SSSR count). The minimum Gasteiger partial charge on any atom is -0.329 e. The first kappa shape index (κ1) is 12.4. The first-order chi connectivity index (χ1) is 7.72. The number of hydrogen-bond acceptors (Lipinski definition) is 4. The smallest absolute Gasteiger partial charge is 0.0482 e. The van der Waals surface area contributed by atoms with Crippen molar-refractivity contribution in [2.45, 2.75) is 19.9 Å². The van der Waals surface area contributed by atoms with Gasteiger partial charge in [-0.15, -0.1) is 11.3 Å². The molecule has 0 aromatic carbocycles. The molecule has 1 atom stereocenters. The summed E-state index contributed by atoms with van der Waals surface area (Å²) in [7, 11) is 0. The molecule has 0 aliphatic carbocycles. The molecule has 2 N–H and O–H groups in total. The van der Waals surface area contributed by atoms with Gasteiger partial charge in [0, 0.05) is 46.9 Å². The fraction of sp³-hybridized carbons (Fsp3) is 0.667. The van der Waals surface area contributed by atoms with Crippen molar-refractivity contribution >= 4 is 23.1 Å². The highest BCUT2D eigenvalue weighted by Crippen LogP contribution is 2.30. The maximum Gasteiger partial charge on any atom is 0.0482 e. The monoisotopic (exact) mass is 256 g/mol. The number of hydrogen-bond donors (Lipinski definition) is 1. The van der Waals surface area contributed by atoms with E-state index in [1.807, 2.05) is 11.3 Å². The predicted octanol–water partition coefficient (Wildman–Crippen LogP) is 2.41. The Hall–Kier alpha value is -0.0300. The van der Waals surface area contributed by atoms with Crippen molar-refractivity contribution in [1.82, 2.24) is 4.90 Å². The third-order valence-corrected chi connectivity index (χ3v) is 5.07. The van der Waals surface area contributed by atoms with Crippen molar-refractivity contribution in [2.75, 3.05) is 31.1 Å². The van der Waals surface area contributed by atoms with Gasteiger partial charge in [-0.05, 0) is 25.5 Å². The zero-order valence-corrected chi connectivity index (χ0v) is 11.7. The van der Waals surface area contributed by atoms with Gasteiger partial charge < -0.3 is 5.73 Å². The SMILES string of the molecule is Cc1cc(C(CN)N2CCSCC2)c(C)s1. The van der Waals surface area contributed by atoms with E-state index in [4.69, 9.17) is 5.73 Å². The summed E-state index contributed by atoms with van der Waals surface area (Å²) in [5.74, 6) is 2.50. The summed E-state index contributed by atoms with van der Waals surface area (Å²) < 4.78 is 0. The van der Waals surface area contributed by atoms with Crippen LogP contribution in [0.25, 0.3) is 0 Å². The second-order valence-electron chi connectivity index (χ2n) is 4.27. The lowest BCUT2D eigenvalue weighted by atomic mass is 10.1. The van der Waals surface area contributed by atoms with Crippen LogP contribution < -0.4 is 5.73 Å². The van der Waals surface area contributed by atoms with Gasteiger partial charge in [-0.1, -0.05) is 0 Å². The molecule has 0 amide bonds. The van der Waals surface area contributed by atoms with E-state index in [1.54, 1.807) is 0 Å². The maximum absolute atomic E-state index is 5.97. The van der Waals surface area contributed by atoms with Crippen molar-refractivity contribution in [3.05, 3.63) is 21.4 Å². The largest absolute Gasteiger partial charge is 0.329 e. The van der Waals surface area contributed by atoms with Gasteiger partial charge in [0.2, 0.25) is 0 Å². The highest BCUT2D eigenvalue weighted by molar-refractivity contribution is 7.99. The molecule has 2 heterocycles. The van der Waals surface area contributed by atoms with Crippen LogP contribution >= 0.6 is 23.1 Å². The quantitative estimate of drug-likeness (QED) is 0.900. The molecular formula is C12H20N2S2. The summed E-state index contributed by atoms with van der Waals surface area (Å²) in [6.07, 6.45) is 0. The second-order valence-corrected chi connectivity index (χ2v) is 6.95. The molecule has 0 spiro atoms. The molecule has 4 heteroatoms. The standard InChI is InChI=1S/C12H20N2S2/c1-9-7-11(10(2)16-9)12(8-13)14-3-5-15-6-4-14/h7,12H,3-6,8,13H2,1-2H3. The number of nitrogens with zero attached hydrogens (tertiary/aromatic N) is 1. The van der Waals surface area contributed by atoms with Crippen molar-refractivity contribution in [3.63, 3.8) is 0 Å². The van der Waals surface area contributed by atoms with Gasteiger partial charge in [-0.2, -0.15) is 11.8 Å². The fourth-order valence-electron chi connectivity index (χ4n) is 2.34. The van der Waals surface area contributed by atoms with Gasteiger partial charge in [0.1, 0.15) is 0 Å². The van der Waals surface area contributed by atoms with Gasteiger partial charge in [0.05, 0.1) is 0 Å². The second kappa shape index (κ2) is 5.54. The lowest BCUT2D eigenvalue weighted by Crippen LogP contribution is -2.39. The summed E-state index contributed by atoms with van der Waals surface area (Å²) in [6, 6.07) is 2.75. The Labute approximate surface area is 106 Å². The Bertz CT molecular complexity index is 343. The minimum absolute atomic E-state index is 0.436. The van der Waals surface area contributed by atoms with Crippen LogP contribution in [0, 0.1) is 13.8 Å². The Kier molecular flexibility index (Phi) is 4.30. The molecule has 1 aliphatic rings. The molecule has 1 unspecified atom stereocenters.